The van der Waals surface area contributed by atoms with Crippen LogP contribution in [0.4, 0.5) is 17.2 Å². The van der Waals surface area contributed by atoms with E-state index in [2.05, 4.69) is 31.5 Å². The molecule has 24 heavy (non-hydrogen) atoms. The zero-order valence-electron chi connectivity index (χ0n) is 12.9. The summed E-state index contributed by atoms with van der Waals surface area (Å²) in [6.45, 7) is 1.51. The highest BCUT2D eigenvalue weighted by atomic mass is 79.9. The second-order valence-corrected chi connectivity index (χ2v) is 6.52. The third-order valence-corrected chi connectivity index (χ3v) is 4.33. The van der Waals surface area contributed by atoms with Crippen molar-refractivity contribution < 1.29 is 9.72 Å². The van der Waals surface area contributed by atoms with Gasteiger partial charge in [-0.3, -0.25) is 14.9 Å². The lowest BCUT2D eigenvalue weighted by Gasteiger charge is -2.13. The third-order valence-electron chi connectivity index (χ3n) is 3.89. The van der Waals surface area contributed by atoms with Crippen molar-refractivity contribution in [2.75, 3.05) is 5.32 Å². The molecular weight excluding hydrogens is 376 g/mol. The van der Waals surface area contributed by atoms with Crippen molar-refractivity contribution in [2.45, 2.75) is 25.8 Å². The normalized spacial score (nSPS) is 15.7. The van der Waals surface area contributed by atoms with Gasteiger partial charge in [0.15, 0.2) is 0 Å². The molecule has 1 atom stereocenters. The summed E-state index contributed by atoms with van der Waals surface area (Å²) in [5.41, 5.74) is 2.85. The van der Waals surface area contributed by atoms with Gasteiger partial charge in [-0.1, -0.05) is 6.07 Å². The second kappa shape index (κ2) is 6.56. The molecule has 124 valence electrons. The van der Waals surface area contributed by atoms with Crippen molar-refractivity contribution in [1.29, 1.82) is 0 Å². The number of carbonyl (C=O) groups is 1. The van der Waals surface area contributed by atoms with Gasteiger partial charge in [-0.15, -0.1) is 0 Å². The van der Waals surface area contributed by atoms with Crippen LogP contribution in [0.1, 0.15) is 30.5 Å². The predicted octanol–water partition coefficient (Wildman–Crippen LogP) is 3.62. The summed E-state index contributed by atoms with van der Waals surface area (Å²) in [6.07, 6.45) is 3.22. The van der Waals surface area contributed by atoms with Crippen LogP contribution >= 0.6 is 15.9 Å². The van der Waals surface area contributed by atoms with E-state index in [1.165, 1.54) is 19.2 Å². The lowest BCUT2D eigenvalue weighted by Crippen LogP contribution is -2.24. The Labute approximate surface area is 146 Å². The first-order chi connectivity index (χ1) is 11.4. The van der Waals surface area contributed by atoms with Gasteiger partial charge in [0, 0.05) is 29.3 Å². The SMILES string of the molecule is CC(=O)N[C@H]1CCc2cc(Nc3ncc(Br)cc3[N+](=O)[O-])ccc21. The van der Waals surface area contributed by atoms with Crippen LogP contribution in [-0.4, -0.2) is 15.8 Å². The van der Waals surface area contributed by atoms with Crippen LogP contribution in [0.25, 0.3) is 0 Å². The highest BCUT2D eigenvalue weighted by molar-refractivity contribution is 9.10. The Morgan fingerprint density at radius 3 is 2.92 bits per heavy atom. The lowest BCUT2D eigenvalue weighted by atomic mass is 10.1. The van der Waals surface area contributed by atoms with E-state index in [4.69, 9.17) is 0 Å². The number of nitro groups is 1. The molecule has 1 aromatic carbocycles. The van der Waals surface area contributed by atoms with Gasteiger partial charge in [0.1, 0.15) is 0 Å². The standard InChI is InChI=1S/C16H15BrN4O3/c1-9(22)19-14-5-2-10-6-12(3-4-13(10)14)20-16-15(21(23)24)7-11(17)8-18-16/h3-4,6-8,14H,2,5H2,1H3,(H,18,20)(H,19,22)/t14-/m0/s1. The number of nitrogens with one attached hydrogen (secondary N) is 2. The first-order valence-electron chi connectivity index (χ1n) is 7.41. The van der Waals surface area contributed by atoms with Crippen molar-refractivity contribution in [1.82, 2.24) is 10.3 Å². The van der Waals surface area contributed by atoms with E-state index in [0.717, 1.165) is 29.7 Å². The average Bonchev–Trinajstić information content (AvgIpc) is 2.90. The molecule has 2 N–H and O–H groups in total. The monoisotopic (exact) mass is 390 g/mol. The van der Waals surface area contributed by atoms with Crippen molar-refractivity contribution in [3.05, 3.63) is 56.2 Å². The molecule has 0 spiro atoms. The highest BCUT2D eigenvalue weighted by Gasteiger charge is 2.23. The summed E-state index contributed by atoms with van der Waals surface area (Å²) in [4.78, 5) is 26.0. The number of hydrogen-bond donors (Lipinski definition) is 2. The molecule has 1 heterocycles. The molecule has 1 aliphatic carbocycles. The van der Waals surface area contributed by atoms with Crippen molar-refractivity contribution in [2.24, 2.45) is 0 Å². The molecule has 0 saturated carbocycles. The summed E-state index contributed by atoms with van der Waals surface area (Å²) in [7, 11) is 0. The number of rotatable bonds is 4. The van der Waals surface area contributed by atoms with Crippen LogP contribution in [0.15, 0.2) is 34.9 Å². The van der Waals surface area contributed by atoms with Gasteiger partial charge < -0.3 is 10.6 Å². The van der Waals surface area contributed by atoms with Gasteiger partial charge in [-0.25, -0.2) is 4.98 Å². The van der Waals surface area contributed by atoms with Crippen molar-refractivity contribution in [3.8, 4) is 0 Å². The van der Waals surface area contributed by atoms with E-state index in [0.29, 0.717) is 4.47 Å². The number of aryl methyl sites for hydroxylation is 1. The fourth-order valence-corrected chi connectivity index (χ4v) is 3.21. The Balaban J connectivity index is 1.86. The Kier molecular flexibility index (Phi) is 4.48. The zero-order valence-corrected chi connectivity index (χ0v) is 14.5. The van der Waals surface area contributed by atoms with Gasteiger partial charge in [0.25, 0.3) is 0 Å². The third kappa shape index (κ3) is 3.38. The Morgan fingerprint density at radius 2 is 2.21 bits per heavy atom. The van der Waals surface area contributed by atoms with E-state index < -0.39 is 4.92 Å². The topological polar surface area (TPSA) is 97.2 Å². The van der Waals surface area contributed by atoms with Crippen LogP contribution in [0.5, 0.6) is 0 Å². The number of hydrogen-bond acceptors (Lipinski definition) is 5. The summed E-state index contributed by atoms with van der Waals surface area (Å²) in [6, 6.07) is 7.18. The molecule has 1 aliphatic rings. The Hall–Kier alpha value is -2.48. The molecule has 0 radical (unpaired) electrons. The predicted molar refractivity (Wildman–Crippen MR) is 93.2 cm³/mol. The maximum Gasteiger partial charge on any atom is 0.312 e. The number of nitrogens with zero attached hydrogens (tertiary/aromatic N) is 2. The van der Waals surface area contributed by atoms with E-state index in [1.54, 1.807) is 0 Å². The Morgan fingerprint density at radius 1 is 1.42 bits per heavy atom. The van der Waals surface area contributed by atoms with Gasteiger partial charge in [0.05, 0.1) is 11.0 Å². The lowest BCUT2D eigenvalue weighted by molar-refractivity contribution is -0.384. The quantitative estimate of drug-likeness (QED) is 0.613. The van der Waals surface area contributed by atoms with Gasteiger partial charge in [-0.2, -0.15) is 0 Å². The van der Waals surface area contributed by atoms with E-state index in [9.17, 15) is 14.9 Å². The fourth-order valence-electron chi connectivity index (χ4n) is 2.89. The highest BCUT2D eigenvalue weighted by Crippen LogP contribution is 2.34. The van der Waals surface area contributed by atoms with Gasteiger partial charge in [0.2, 0.25) is 11.7 Å². The number of anilines is 2. The molecular formula is C16H15BrN4O3. The largest absolute Gasteiger partial charge is 0.350 e. The van der Waals surface area contributed by atoms with Crippen LogP contribution in [-0.2, 0) is 11.2 Å². The number of fused-ring (bicyclic) bond motifs is 1. The van der Waals surface area contributed by atoms with E-state index in [-0.39, 0.29) is 23.5 Å². The van der Waals surface area contributed by atoms with E-state index >= 15 is 0 Å². The fraction of sp³-hybridized carbons (Fsp3) is 0.250. The molecule has 3 rings (SSSR count). The van der Waals surface area contributed by atoms with E-state index in [1.807, 2.05) is 18.2 Å². The van der Waals surface area contributed by atoms with Crippen LogP contribution in [0, 0.1) is 10.1 Å². The first kappa shape index (κ1) is 16.4. The number of pyridine rings is 1. The van der Waals surface area contributed by atoms with Gasteiger partial charge >= 0.3 is 5.69 Å². The molecule has 0 bridgehead atoms. The first-order valence-corrected chi connectivity index (χ1v) is 8.20. The molecule has 0 saturated heterocycles. The molecule has 7 nitrogen and oxygen atoms in total. The summed E-state index contributed by atoms with van der Waals surface area (Å²) < 4.78 is 0.548. The number of benzene rings is 1. The minimum absolute atomic E-state index is 0.0340. The van der Waals surface area contributed by atoms with Gasteiger partial charge in [-0.05, 0) is 52.0 Å². The molecule has 0 fully saturated rings. The zero-order chi connectivity index (χ0) is 17.3. The van der Waals surface area contributed by atoms with Crippen LogP contribution < -0.4 is 10.6 Å². The maximum absolute atomic E-state index is 11.2. The van der Waals surface area contributed by atoms with Crippen LogP contribution in [0.3, 0.4) is 0 Å². The van der Waals surface area contributed by atoms with Crippen LogP contribution in [0.2, 0.25) is 0 Å². The molecule has 0 unspecified atom stereocenters. The molecule has 8 heteroatoms. The van der Waals surface area contributed by atoms with Crippen molar-refractivity contribution in [3.63, 3.8) is 0 Å². The Bertz CT molecular complexity index is 825. The molecule has 0 aliphatic heterocycles. The molecule has 1 aromatic heterocycles. The molecule has 1 amide bonds. The maximum atomic E-state index is 11.2. The number of carbonyl (C=O) groups excluding carboxylic acids is 1. The summed E-state index contributed by atoms with van der Waals surface area (Å²) in [5.74, 6) is 0.143. The van der Waals surface area contributed by atoms with Crippen molar-refractivity contribution >= 4 is 39.0 Å². The number of amides is 1. The summed E-state index contributed by atoms with van der Waals surface area (Å²) >= 11 is 3.19. The average molecular weight is 391 g/mol. The minimum Gasteiger partial charge on any atom is -0.350 e. The summed E-state index contributed by atoms with van der Waals surface area (Å²) in [5, 5.41) is 17.1. The second-order valence-electron chi connectivity index (χ2n) is 5.61. The number of aromatic nitrogens is 1. The number of halogens is 1. The minimum atomic E-state index is -0.472. The smallest absolute Gasteiger partial charge is 0.312 e. The molecule has 2 aromatic rings.